The molecule has 0 saturated carbocycles. The second-order valence-electron chi connectivity index (χ2n) is 4.34. The van der Waals surface area contributed by atoms with Crippen molar-refractivity contribution >= 4 is 5.91 Å². The van der Waals surface area contributed by atoms with Gasteiger partial charge in [0, 0.05) is 19.4 Å². The third kappa shape index (κ3) is 4.14. The van der Waals surface area contributed by atoms with Crippen LogP contribution in [0.2, 0.25) is 0 Å². The Bertz CT molecular complexity index is 333. The van der Waals surface area contributed by atoms with Crippen molar-refractivity contribution in [3.8, 4) is 0 Å². The Hall–Kier alpha value is -1.43. The van der Waals surface area contributed by atoms with E-state index < -0.39 is 0 Å². The predicted molar refractivity (Wildman–Crippen MR) is 61.2 cm³/mol. The molecule has 6 nitrogen and oxygen atoms in total. The molecule has 2 N–H and O–H groups in total. The molecular formula is C11H18N4O2. The van der Waals surface area contributed by atoms with Crippen LogP contribution in [0.4, 0.5) is 0 Å². The molecule has 0 spiro atoms. The largest absolute Gasteiger partial charge is 0.356 e. The number of carbonyl (C=O) groups is 1. The van der Waals surface area contributed by atoms with Gasteiger partial charge in [-0.05, 0) is 31.8 Å². The van der Waals surface area contributed by atoms with Gasteiger partial charge in [-0.25, -0.2) is 0 Å². The summed E-state index contributed by atoms with van der Waals surface area (Å²) < 4.78 is 4.61. The van der Waals surface area contributed by atoms with Gasteiger partial charge in [-0.15, -0.1) is 0 Å². The third-order valence-corrected chi connectivity index (χ3v) is 3.01. The van der Waals surface area contributed by atoms with Gasteiger partial charge in [0.15, 0.2) is 5.82 Å². The van der Waals surface area contributed by atoms with Gasteiger partial charge in [-0.3, -0.25) is 4.79 Å². The van der Waals surface area contributed by atoms with E-state index in [2.05, 4.69) is 25.3 Å². The van der Waals surface area contributed by atoms with Crippen LogP contribution >= 0.6 is 0 Å². The summed E-state index contributed by atoms with van der Waals surface area (Å²) in [6, 6.07) is 0. The maximum Gasteiger partial charge on any atom is 0.220 e. The average Bonchev–Trinajstić information content (AvgIpc) is 2.83. The van der Waals surface area contributed by atoms with Crippen molar-refractivity contribution < 1.29 is 9.32 Å². The SMILES string of the molecule is O=C(CC1CCNCC1)NCCc1ncon1. The number of carbonyl (C=O) groups excluding carboxylic acids is 1. The number of hydrogen-bond acceptors (Lipinski definition) is 5. The molecule has 0 aliphatic carbocycles. The minimum absolute atomic E-state index is 0.125. The van der Waals surface area contributed by atoms with Gasteiger partial charge in [-0.2, -0.15) is 4.98 Å². The average molecular weight is 238 g/mol. The molecule has 17 heavy (non-hydrogen) atoms. The highest BCUT2D eigenvalue weighted by molar-refractivity contribution is 5.76. The van der Waals surface area contributed by atoms with Gasteiger partial charge in [-0.1, -0.05) is 5.16 Å². The van der Waals surface area contributed by atoms with E-state index in [1.165, 1.54) is 6.39 Å². The van der Waals surface area contributed by atoms with E-state index in [0.717, 1.165) is 25.9 Å². The minimum Gasteiger partial charge on any atom is -0.356 e. The first-order valence-electron chi connectivity index (χ1n) is 6.07. The molecule has 1 amide bonds. The predicted octanol–water partition coefficient (Wildman–Crippen LogP) is 0.118. The second kappa shape index (κ2) is 6.34. The summed E-state index contributed by atoms with van der Waals surface area (Å²) in [7, 11) is 0. The fraction of sp³-hybridized carbons (Fsp3) is 0.727. The summed E-state index contributed by atoms with van der Waals surface area (Å²) in [6.07, 6.45) is 4.74. The van der Waals surface area contributed by atoms with E-state index in [1.807, 2.05) is 0 Å². The fourth-order valence-corrected chi connectivity index (χ4v) is 2.04. The van der Waals surface area contributed by atoms with E-state index in [1.54, 1.807) is 0 Å². The molecule has 0 unspecified atom stereocenters. The zero-order valence-corrected chi connectivity index (χ0v) is 9.82. The first-order valence-corrected chi connectivity index (χ1v) is 6.07. The molecule has 1 aliphatic rings. The molecule has 1 aromatic heterocycles. The fourth-order valence-electron chi connectivity index (χ4n) is 2.04. The van der Waals surface area contributed by atoms with E-state index >= 15 is 0 Å². The van der Waals surface area contributed by atoms with Gasteiger partial charge in [0.05, 0.1) is 0 Å². The van der Waals surface area contributed by atoms with E-state index in [4.69, 9.17) is 0 Å². The van der Waals surface area contributed by atoms with Crippen LogP contribution in [0, 0.1) is 5.92 Å². The highest BCUT2D eigenvalue weighted by atomic mass is 16.5. The molecule has 94 valence electrons. The standard InChI is InChI=1S/C11H18N4O2/c16-11(7-9-1-4-12-5-2-9)13-6-3-10-14-8-17-15-10/h8-9,12H,1-7H2,(H,13,16). The Morgan fingerprint density at radius 2 is 2.35 bits per heavy atom. The van der Waals surface area contributed by atoms with E-state index in [0.29, 0.717) is 31.1 Å². The van der Waals surface area contributed by atoms with Gasteiger partial charge in [0.25, 0.3) is 0 Å². The lowest BCUT2D eigenvalue weighted by atomic mass is 9.94. The van der Waals surface area contributed by atoms with Crippen LogP contribution in [-0.4, -0.2) is 35.7 Å². The van der Waals surface area contributed by atoms with Crippen LogP contribution in [0.5, 0.6) is 0 Å². The lowest BCUT2D eigenvalue weighted by molar-refractivity contribution is -0.122. The molecule has 0 atom stereocenters. The van der Waals surface area contributed by atoms with Crippen molar-refractivity contribution in [2.45, 2.75) is 25.7 Å². The Labute approximate surface area is 100 Å². The zero-order chi connectivity index (χ0) is 11.9. The molecule has 1 fully saturated rings. The van der Waals surface area contributed by atoms with E-state index in [9.17, 15) is 4.79 Å². The summed E-state index contributed by atoms with van der Waals surface area (Å²) in [6.45, 7) is 2.63. The summed E-state index contributed by atoms with van der Waals surface area (Å²) in [4.78, 5) is 15.5. The van der Waals surface area contributed by atoms with Crippen LogP contribution in [0.25, 0.3) is 0 Å². The molecule has 0 radical (unpaired) electrons. The quantitative estimate of drug-likeness (QED) is 0.761. The Kier molecular flexibility index (Phi) is 4.49. The molecule has 1 aliphatic heterocycles. The highest BCUT2D eigenvalue weighted by Gasteiger charge is 2.16. The first kappa shape index (κ1) is 12.0. The number of aromatic nitrogens is 2. The molecule has 2 heterocycles. The van der Waals surface area contributed by atoms with Crippen molar-refractivity contribution in [3.63, 3.8) is 0 Å². The first-order chi connectivity index (χ1) is 8.34. The molecule has 1 aromatic rings. The Morgan fingerprint density at radius 3 is 3.06 bits per heavy atom. The van der Waals surface area contributed by atoms with Crippen LogP contribution < -0.4 is 10.6 Å². The lowest BCUT2D eigenvalue weighted by Gasteiger charge is -2.21. The Balaban J connectivity index is 1.60. The van der Waals surface area contributed by atoms with Crippen LogP contribution in [-0.2, 0) is 11.2 Å². The maximum atomic E-state index is 11.6. The number of amides is 1. The number of piperidine rings is 1. The number of rotatable bonds is 5. The zero-order valence-electron chi connectivity index (χ0n) is 9.82. The molecule has 1 saturated heterocycles. The summed E-state index contributed by atoms with van der Waals surface area (Å²) >= 11 is 0. The normalized spacial score (nSPS) is 16.9. The van der Waals surface area contributed by atoms with Crippen molar-refractivity contribution in [3.05, 3.63) is 12.2 Å². The van der Waals surface area contributed by atoms with Crippen molar-refractivity contribution in [2.24, 2.45) is 5.92 Å². The summed E-state index contributed by atoms with van der Waals surface area (Å²) in [5.74, 6) is 1.29. The molecule has 0 aromatic carbocycles. The van der Waals surface area contributed by atoms with Crippen molar-refractivity contribution in [1.82, 2.24) is 20.8 Å². The number of nitrogens with one attached hydrogen (secondary N) is 2. The number of hydrogen-bond donors (Lipinski definition) is 2. The highest BCUT2D eigenvalue weighted by Crippen LogP contribution is 2.15. The monoisotopic (exact) mass is 238 g/mol. The van der Waals surface area contributed by atoms with Crippen molar-refractivity contribution in [2.75, 3.05) is 19.6 Å². The molecule has 0 bridgehead atoms. The lowest BCUT2D eigenvalue weighted by Crippen LogP contribution is -2.33. The topological polar surface area (TPSA) is 80.0 Å². The van der Waals surface area contributed by atoms with Gasteiger partial charge in [0.1, 0.15) is 0 Å². The maximum absolute atomic E-state index is 11.6. The van der Waals surface area contributed by atoms with Crippen LogP contribution in [0.15, 0.2) is 10.9 Å². The van der Waals surface area contributed by atoms with E-state index in [-0.39, 0.29) is 5.91 Å². The molecule has 2 rings (SSSR count). The van der Waals surface area contributed by atoms with Gasteiger partial charge in [0.2, 0.25) is 12.3 Å². The van der Waals surface area contributed by atoms with Gasteiger partial charge >= 0.3 is 0 Å². The summed E-state index contributed by atoms with van der Waals surface area (Å²) in [5, 5.41) is 9.86. The second-order valence-corrected chi connectivity index (χ2v) is 4.34. The Morgan fingerprint density at radius 1 is 1.53 bits per heavy atom. The van der Waals surface area contributed by atoms with Crippen molar-refractivity contribution in [1.29, 1.82) is 0 Å². The molecular weight excluding hydrogens is 220 g/mol. The van der Waals surface area contributed by atoms with Crippen LogP contribution in [0.1, 0.15) is 25.1 Å². The van der Waals surface area contributed by atoms with Crippen LogP contribution in [0.3, 0.4) is 0 Å². The third-order valence-electron chi connectivity index (χ3n) is 3.01. The number of nitrogens with zero attached hydrogens (tertiary/aromatic N) is 2. The minimum atomic E-state index is 0.125. The smallest absolute Gasteiger partial charge is 0.220 e. The van der Waals surface area contributed by atoms with Gasteiger partial charge < -0.3 is 15.2 Å². The summed E-state index contributed by atoms with van der Waals surface area (Å²) in [5.41, 5.74) is 0. The molecule has 6 heteroatoms.